The van der Waals surface area contributed by atoms with Crippen LogP contribution in [0.5, 0.6) is 0 Å². The van der Waals surface area contributed by atoms with Crippen molar-refractivity contribution in [1.29, 1.82) is 0 Å². The average Bonchev–Trinajstić information content (AvgIpc) is 2.77. The van der Waals surface area contributed by atoms with Gasteiger partial charge in [0.2, 0.25) is 0 Å². The van der Waals surface area contributed by atoms with Gasteiger partial charge in [-0.2, -0.15) is 5.10 Å². The lowest BCUT2D eigenvalue weighted by Crippen LogP contribution is -2.04. The van der Waals surface area contributed by atoms with Crippen molar-refractivity contribution in [2.45, 2.75) is 25.6 Å². The molecule has 0 atom stereocenters. The third kappa shape index (κ3) is 2.38. The number of hydrogen-bond donors (Lipinski definition) is 0. The molecule has 0 N–H and O–H groups in total. The molecule has 2 aromatic rings. The van der Waals surface area contributed by atoms with Crippen LogP contribution in [0.25, 0.3) is 5.69 Å². The Kier molecular flexibility index (Phi) is 3.66. The van der Waals surface area contributed by atoms with E-state index in [-0.39, 0.29) is 17.5 Å². The molecule has 0 radical (unpaired) electrons. The zero-order chi connectivity index (χ0) is 13.3. The van der Waals surface area contributed by atoms with Crippen LogP contribution in [0.3, 0.4) is 0 Å². The molecule has 0 saturated heterocycles. The molecule has 1 heterocycles. The van der Waals surface area contributed by atoms with Gasteiger partial charge in [-0.3, -0.25) is 0 Å². The number of rotatable bonds is 3. The van der Waals surface area contributed by atoms with Crippen molar-refractivity contribution in [3.05, 3.63) is 47.3 Å². The van der Waals surface area contributed by atoms with Crippen LogP contribution in [-0.4, -0.2) is 9.78 Å². The molecule has 0 aliphatic heterocycles. The Bertz CT molecular complexity index is 541. The predicted octanol–water partition coefficient (Wildman–Crippen LogP) is 4.01. The summed E-state index contributed by atoms with van der Waals surface area (Å²) < 4.78 is 28.9. The molecule has 0 saturated carbocycles. The second-order valence-electron chi connectivity index (χ2n) is 4.38. The highest BCUT2D eigenvalue weighted by Gasteiger charge is 2.15. The van der Waals surface area contributed by atoms with Gasteiger partial charge in [0.15, 0.2) is 11.6 Å². The van der Waals surface area contributed by atoms with Crippen LogP contribution in [0.15, 0.2) is 24.4 Å². The highest BCUT2D eigenvalue weighted by Crippen LogP contribution is 2.21. The van der Waals surface area contributed by atoms with Gasteiger partial charge in [-0.15, -0.1) is 11.6 Å². The number of nitrogens with zero attached hydrogens (tertiary/aromatic N) is 2. The van der Waals surface area contributed by atoms with Crippen molar-refractivity contribution in [2.75, 3.05) is 0 Å². The molecular formula is C13H13ClF2N2. The summed E-state index contributed by atoms with van der Waals surface area (Å²) in [7, 11) is 0. The van der Waals surface area contributed by atoms with E-state index in [1.54, 1.807) is 12.3 Å². The first-order valence-electron chi connectivity index (χ1n) is 5.62. The third-order valence-electron chi connectivity index (χ3n) is 2.66. The van der Waals surface area contributed by atoms with Crippen molar-refractivity contribution in [2.24, 2.45) is 0 Å². The average molecular weight is 271 g/mol. The van der Waals surface area contributed by atoms with Gasteiger partial charge in [-0.25, -0.2) is 13.5 Å². The maximum absolute atomic E-state index is 13.8. The Morgan fingerprint density at radius 1 is 1.28 bits per heavy atom. The van der Waals surface area contributed by atoms with Gasteiger partial charge in [0, 0.05) is 12.1 Å². The Balaban J connectivity index is 2.49. The zero-order valence-electron chi connectivity index (χ0n) is 10.1. The summed E-state index contributed by atoms with van der Waals surface area (Å²) in [5.41, 5.74) is 1.03. The molecule has 0 unspecified atom stereocenters. The van der Waals surface area contributed by atoms with Gasteiger partial charge >= 0.3 is 0 Å². The lowest BCUT2D eigenvalue weighted by Gasteiger charge is -2.07. The van der Waals surface area contributed by atoms with Crippen molar-refractivity contribution in [3.8, 4) is 5.69 Å². The lowest BCUT2D eigenvalue weighted by molar-refractivity contribution is 0.556. The predicted molar refractivity (Wildman–Crippen MR) is 67.1 cm³/mol. The number of benzene rings is 1. The first kappa shape index (κ1) is 13.0. The van der Waals surface area contributed by atoms with Gasteiger partial charge in [0.1, 0.15) is 5.69 Å². The molecular weight excluding hydrogens is 258 g/mol. The standard InChI is InChI=1S/C13H13ClF2N2/c1-8(2)12-3-4-18(17-12)13-10(15)5-9(7-14)6-11(13)16/h3-6,8H,7H2,1-2H3. The quantitative estimate of drug-likeness (QED) is 0.771. The fourth-order valence-electron chi connectivity index (χ4n) is 1.68. The van der Waals surface area contributed by atoms with E-state index in [1.165, 1.54) is 16.8 Å². The normalized spacial score (nSPS) is 11.2. The van der Waals surface area contributed by atoms with Crippen molar-refractivity contribution in [1.82, 2.24) is 9.78 Å². The minimum atomic E-state index is -0.663. The smallest absolute Gasteiger partial charge is 0.152 e. The first-order chi connectivity index (χ1) is 8.52. The molecule has 18 heavy (non-hydrogen) atoms. The largest absolute Gasteiger partial charge is 0.235 e. The fraction of sp³-hybridized carbons (Fsp3) is 0.308. The Morgan fingerprint density at radius 2 is 1.89 bits per heavy atom. The molecule has 96 valence electrons. The molecule has 0 amide bonds. The van der Waals surface area contributed by atoms with Crippen molar-refractivity contribution < 1.29 is 8.78 Å². The van der Waals surface area contributed by atoms with E-state index >= 15 is 0 Å². The van der Waals surface area contributed by atoms with E-state index in [2.05, 4.69) is 5.10 Å². The van der Waals surface area contributed by atoms with Gasteiger partial charge < -0.3 is 0 Å². The second kappa shape index (κ2) is 5.06. The van der Waals surface area contributed by atoms with E-state index in [0.29, 0.717) is 5.56 Å². The van der Waals surface area contributed by atoms with E-state index in [1.807, 2.05) is 13.8 Å². The fourth-order valence-corrected chi connectivity index (χ4v) is 1.84. The summed E-state index contributed by atoms with van der Waals surface area (Å²) >= 11 is 5.56. The molecule has 0 bridgehead atoms. The maximum Gasteiger partial charge on any atom is 0.152 e. The maximum atomic E-state index is 13.8. The van der Waals surface area contributed by atoms with Crippen molar-refractivity contribution in [3.63, 3.8) is 0 Å². The van der Waals surface area contributed by atoms with Crippen LogP contribution in [0.1, 0.15) is 31.0 Å². The van der Waals surface area contributed by atoms with Gasteiger partial charge in [-0.1, -0.05) is 13.8 Å². The third-order valence-corrected chi connectivity index (χ3v) is 2.97. The monoisotopic (exact) mass is 270 g/mol. The molecule has 1 aromatic heterocycles. The summed E-state index contributed by atoms with van der Waals surface area (Å²) in [6.45, 7) is 3.94. The molecule has 0 spiro atoms. The first-order valence-corrected chi connectivity index (χ1v) is 6.16. The molecule has 5 heteroatoms. The Morgan fingerprint density at radius 3 is 2.33 bits per heavy atom. The van der Waals surface area contributed by atoms with Crippen LogP contribution in [-0.2, 0) is 5.88 Å². The molecule has 0 aliphatic rings. The molecule has 0 fully saturated rings. The topological polar surface area (TPSA) is 17.8 Å². The van der Waals surface area contributed by atoms with Crippen LogP contribution < -0.4 is 0 Å². The highest BCUT2D eigenvalue weighted by atomic mass is 35.5. The van der Waals surface area contributed by atoms with Gasteiger partial charge in [-0.05, 0) is 29.7 Å². The van der Waals surface area contributed by atoms with Crippen molar-refractivity contribution >= 4 is 11.6 Å². The van der Waals surface area contributed by atoms with E-state index in [4.69, 9.17) is 11.6 Å². The number of halogens is 3. The minimum Gasteiger partial charge on any atom is -0.235 e. The number of alkyl halides is 1. The lowest BCUT2D eigenvalue weighted by atomic mass is 10.1. The second-order valence-corrected chi connectivity index (χ2v) is 4.65. The van der Waals surface area contributed by atoms with E-state index in [9.17, 15) is 8.78 Å². The van der Waals surface area contributed by atoms with Crippen LogP contribution in [0.4, 0.5) is 8.78 Å². The van der Waals surface area contributed by atoms with Gasteiger partial charge in [0.25, 0.3) is 0 Å². The van der Waals surface area contributed by atoms with Crippen LogP contribution in [0.2, 0.25) is 0 Å². The van der Waals surface area contributed by atoms with E-state index < -0.39 is 11.6 Å². The summed E-state index contributed by atoms with van der Waals surface area (Å²) in [4.78, 5) is 0. The molecule has 2 nitrogen and oxygen atoms in total. The van der Waals surface area contributed by atoms with Gasteiger partial charge in [0.05, 0.1) is 5.69 Å². The summed E-state index contributed by atoms with van der Waals surface area (Å²) in [6, 6.07) is 4.20. The molecule has 1 aromatic carbocycles. The summed E-state index contributed by atoms with van der Waals surface area (Å²) in [5.74, 6) is -1.04. The number of hydrogen-bond acceptors (Lipinski definition) is 1. The minimum absolute atomic E-state index is 0.0739. The van der Waals surface area contributed by atoms with Crippen LogP contribution in [0, 0.1) is 11.6 Å². The molecule has 0 aliphatic carbocycles. The summed E-state index contributed by atoms with van der Waals surface area (Å²) in [5, 5.41) is 4.16. The van der Waals surface area contributed by atoms with Crippen LogP contribution >= 0.6 is 11.6 Å². The Hall–Kier alpha value is -1.42. The highest BCUT2D eigenvalue weighted by molar-refractivity contribution is 6.17. The SMILES string of the molecule is CC(C)c1ccn(-c2c(F)cc(CCl)cc2F)n1. The van der Waals surface area contributed by atoms with E-state index in [0.717, 1.165) is 5.69 Å². The summed E-state index contributed by atoms with van der Waals surface area (Å²) in [6.07, 6.45) is 1.55. The Labute approximate surface area is 109 Å². The number of aromatic nitrogens is 2. The zero-order valence-corrected chi connectivity index (χ0v) is 10.9. The molecule has 2 rings (SSSR count).